The Labute approximate surface area is 75.8 Å². The number of nitrogens with one attached hydrogen (secondary N) is 1. The summed E-state index contributed by atoms with van der Waals surface area (Å²) in [4.78, 5) is 7.37. The molecule has 1 heterocycles. The van der Waals surface area contributed by atoms with Crippen LogP contribution in [0.3, 0.4) is 0 Å². The maximum atomic E-state index is 13.1. The quantitative estimate of drug-likeness (QED) is 0.714. The molecule has 0 aliphatic rings. The van der Waals surface area contributed by atoms with Gasteiger partial charge in [-0.3, -0.25) is 0 Å². The molecule has 0 amide bonds. The Morgan fingerprint density at radius 3 is 2.92 bits per heavy atom. The van der Waals surface area contributed by atoms with Crippen LogP contribution in [-0.2, 0) is 6.42 Å². The fraction of sp³-hybridized carbons (Fsp3) is 0.300. The summed E-state index contributed by atoms with van der Waals surface area (Å²) in [6, 6.07) is 3.26. The number of hydrogen-bond donors (Lipinski definition) is 1. The summed E-state index contributed by atoms with van der Waals surface area (Å²) in [6.07, 6.45) is 0.843. The first-order chi connectivity index (χ1) is 6.20. The van der Waals surface area contributed by atoms with Crippen molar-refractivity contribution in [2.24, 2.45) is 0 Å². The molecule has 68 valence electrons. The van der Waals surface area contributed by atoms with E-state index in [1.165, 1.54) is 6.07 Å². The van der Waals surface area contributed by atoms with E-state index in [4.69, 9.17) is 0 Å². The predicted octanol–water partition coefficient (Wildman–Crippen LogP) is 2.57. The number of nitrogens with zero attached hydrogens (tertiary/aromatic N) is 1. The topological polar surface area (TPSA) is 28.7 Å². The largest absolute Gasteiger partial charge is 0.342 e. The minimum absolute atomic E-state index is 0.193. The van der Waals surface area contributed by atoms with Crippen LogP contribution in [0.1, 0.15) is 18.3 Å². The van der Waals surface area contributed by atoms with Gasteiger partial charge in [0, 0.05) is 12.5 Å². The standard InChI is InChI=1S/C10H11FN2/c1-3-10-12-8-4-6(2)7(11)5-9(8)13-10/h4-5H,3H2,1-2H3,(H,12,13). The van der Waals surface area contributed by atoms with Crippen molar-refractivity contribution in [2.45, 2.75) is 20.3 Å². The van der Waals surface area contributed by atoms with Crippen molar-refractivity contribution in [3.05, 3.63) is 29.3 Å². The van der Waals surface area contributed by atoms with E-state index in [9.17, 15) is 4.39 Å². The third-order valence-corrected chi connectivity index (χ3v) is 2.15. The van der Waals surface area contributed by atoms with Crippen LogP contribution in [-0.4, -0.2) is 9.97 Å². The average Bonchev–Trinajstić information content (AvgIpc) is 2.48. The monoisotopic (exact) mass is 178 g/mol. The second-order valence-electron chi connectivity index (χ2n) is 3.16. The zero-order valence-electron chi connectivity index (χ0n) is 7.69. The summed E-state index contributed by atoms with van der Waals surface area (Å²) in [5.74, 6) is 0.710. The molecular formula is C10H11FN2. The molecule has 0 aliphatic heterocycles. The van der Waals surface area contributed by atoms with E-state index in [1.807, 2.05) is 6.92 Å². The summed E-state index contributed by atoms with van der Waals surface area (Å²) in [5, 5.41) is 0. The number of aromatic amines is 1. The molecule has 1 N–H and O–H groups in total. The fourth-order valence-corrected chi connectivity index (χ4v) is 1.36. The van der Waals surface area contributed by atoms with E-state index >= 15 is 0 Å². The highest BCUT2D eigenvalue weighted by molar-refractivity contribution is 5.76. The minimum atomic E-state index is -0.193. The number of imidazole rings is 1. The van der Waals surface area contributed by atoms with E-state index in [-0.39, 0.29) is 5.82 Å². The lowest BCUT2D eigenvalue weighted by Gasteiger charge is -1.93. The summed E-state index contributed by atoms with van der Waals surface area (Å²) < 4.78 is 13.1. The highest BCUT2D eigenvalue weighted by Crippen LogP contribution is 2.16. The minimum Gasteiger partial charge on any atom is -0.342 e. The zero-order valence-corrected chi connectivity index (χ0v) is 7.69. The Balaban J connectivity index is 2.70. The van der Waals surface area contributed by atoms with Crippen molar-refractivity contribution < 1.29 is 4.39 Å². The highest BCUT2D eigenvalue weighted by Gasteiger charge is 2.04. The Morgan fingerprint density at radius 1 is 1.46 bits per heavy atom. The lowest BCUT2D eigenvalue weighted by atomic mass is 10.2. The summed E-state index contributed by atoms with van der Waals surface area (Å²) in [6.45, 7) is 3.77. The number of H-pyrrole nitrogens is 1. The molecule has 2 aromatic rings. The molecule has 0 unspecified atom stereocenters. The van der Waals surface area contributed by atoms with E-state index in [0.29, 0.717) is 11.1 Å². The van der Waals surface area contributed by atoms with Crippen molar-refractivity contribution in [3.63, 3.8) is 0 Å². The van der Waals surface area contributed by atoms with Crippen LogP contribution in [0.15, 0.2) is 12.1 Å². The molecule has 2 nitrogen and oxygen atoms in total. The van der Waals surface area contributed by atoms with Crippen LogP contribution in [0.25, 0.3) is 11.0 Å². The van der Waals surface area contributed by atoms with Crippen molar-refractivity contribution in [1.29, 1.82) is 0 Å². The second kappa shape index (κ2) is 2.83. The second-order valence-corrected chi connectivity index (χ2v) is 3.16. The number of fused-ring (bicyclic) bond motifs is 1. The van der Waals surface area contributed by atoms with Crippen molar-refractivity contribution >= 4 is 11.0 Å². The lowest BCUT2D eigenvalue weighted by molar-refractivity contribution is 0.620. The first-order valence-electron chi connectivity index (χ1n) is 4.35. The molecule has 0 saturated carbocycles. The van der Waals surface area contributed by atoms with Gasteiger partial charge < -0.3 is 4.98 Å². The molecular weight excluding hydrogens is 167 g/mol. The van der Waals surface area contributed by atoms with Gasteiger partial charge in [-0.05, 0) is 18.6 Å². The molecule has 0 saturated heterocycles. The van der Waals surface area contributed by atoms with Crippen LogP contribution < -0.4 is 0 Å². The van der Waals surface area contributed by atoms with Gasteiger partial charge in [-0.15, -0.1) is 0 Å². The van der Waals surface area contributed by atoms with Crippen LogP contribution in [0.4, 0.5) is 4.39 Å². The zero-order chi connectivity index (χ0) is 9.42. The van der Waals surface area contributed by atoms with E-state index in [1.54, 1.807) is 13.0 Å². The van der Waals surface area contributed by atoms with Crippen molar-refractivity contribution in [2.75, 3.05) is 0 Å². The predicted molar refractivity (Wildman–Crippen MR) is 50.2 cm³/mol. The molecule has 0 aliphatic carbocycles. The lowest BCUT2D eigenvalue weighted by Crippen LogP contribution is -1.81. The Kier molecular flexibility index (Phi) is 1.79. The Morgan fingerprint density at radius 2 is 2.23 bits per heavy atom. The SMILES string of the molecule is CCc1nc2cc(F)c(C)cc2[nH]1. The maximum absolute atomic E-state index is 13.1. The summed E-state index contributed by atoms with van der Waals surface area (Å²) in [7, 11) is 0. The number of aryl methyl sites for hydroxylation is 2. The van der Waals surface area contributed by atoms with Crippen molar-refractivity contribution in [1.82, 2.24) is 9.97 Å². The molecule has 0 radical (unpaired) electrons. The van der Waals surface area contributed by atoms with Crippen molar-refractivity contribution in [3.8, 4) is 0 Å². The highest BCUT2D eigenvalue weighted by atomic mass is 19.1. The number of aromatic nitrogens is 2. The first-order valence-corrected chi connectivity index (χ1v) is 4.35. The molecule has 3 heteroatoms. The molecule has 0 atom stereocenters. The molecule has 13 heavy (non-hydrogen) atoms. The molecule has 0 bridgehead atoms. The third-order valence-electron chi connectivity index (χ3n) is 2.15. The Hall–Kier alpha value is -1.38. The van der Waals surface area contributed by atoms with Crippen LogP contribution >= 0.6 is 0 Å². The van der Waals surface area contributed by atoms with Gasteiger partial charge in [0.05, 0.1) is 11.0 Å². The smallest absolute Gasteiger partial charge is 0.128 e. The van der Waals surface area contributed by atoms with Crippen LogP contribution in [0.2, 0.25) is 0 Å². The van der Waals surface area contributed by atoms with Gasteiger partial charge in [-0.25, -0.2) is 9.37 Å². The third kappa shape index (κ3) is 1.30. The fourth-order valence-electron chi connectivity index (χ4n) is 1.36. The number of rotatable bonds is 1. The van der Waals surface area contributed by atoms with Crippen LogP contribution in [0, 0.1) is 12.7 Å². The summed E-state index contributed by atoms with van der Waals surface area (Å²) >= 11 is 0. The maximum Gasteiger partial charge on any atom is 0.128 e. The van der Waals surface area contributed by atoms with Gasteiger partial charge in [0.2, 0.25) is 0 Å². The molecule has 2 rings (SSSR count). The van der Waals surface area contributed by atoms with E-state index in [2.05, 4.69) is 9.97 Å². The van der Waals surface area contributed by atoms with Gasteiger partial charge in [0.25, 0.3) is 0 Å². The van der Waals surface area contributed by atoms with Gasteiger partial charge in [0.15, 0.2) is 0 Å². The van der Waals surface area contributed by atoms with E-state index in [0.717, 1.165) is 17.8 Å². The number of benzene rings is 1. The molecule has 0 fully saturated rings. The number of hydrogen-bond acceptors (Lipinski definition) is 1. The Bertz CT molecular complexity index is 406. The van der Waals surface area contributed by atoms with Gasteiger partial charge in [0.1, 0.15) is 11.6 Å². The van der Waals surface area contributed by atoms with E-state index < -0.39 is 0 Å². The molecule has 0 spiro atoms. The average molecular weight is 178 g/mol. The number of halogens is 1. The van der Waals surface area contributed by atoms with Gasteiger partial charge in [-0.1, -0.05) is 6.92 Å². The molecule has 1 aromatic heterocycles. The normalized spacial score (nSPS) is 11.0. The van der Waals surface area contributed by atoms with Crippen LogP contribution in [0.5, 0.6) is 0 Å². The van der Waals surface area contributed by atoms with Gasteiger partial charge >= 0.3 is 0 Å². The first kappa shape index (κ1) is 8.23. The summed E-state index contributed by atoms with van der Waals surface area (Å²) in [5.41, 5.74) is 2.27. The van der Waals surface area contributed by atoms with Gasteiger partial charge in [-0.2, -0.15) is 0 Å². The molecule has 1 aromatic carbocycles.